The summed E-state index contributed by atoms with van der Waals surface area (Å²) in [6.07, 6.45) is -3.19. The second-order valence-corrected chi connectivity index (χ2v) is 5.32. The van der Waals surface area contributed by atoms with Crippen molar-refractivity contribution in [2.45, 2.75) is 12.7 Å². The molecule has 2 nitrogen and oxygen atoms in total. The van der Waals surface area contributed by atoms with Gasteiger partial charge in [-0.05, 0) is 18.2 Å². The SMILES string of the molecule is Fc1ccc(NCc2cnc(Cl)s2)cc1C(F)(F)F. The van der Waals surface area contributed by atoms with E-state index in [1.165, 1.54) is 23.6 Å². The minimum Gasteiger partial charge on any atom is -0.380 e. The predicted octanol–water partition coefficient (Wildman–Crippen LogP) is 4.57. The van der Waals surface area contributed by atoms with Gasteiger partial charge >= 0.3 is 6.18 Å². The van der Waals surface area contributed by atoms with Crippen LogP contribution in [0.3, 0.4) is 0 Å². The van der Waals surface area contributed by atoms with Gasteiger partial charge in [0.2, 0.25) is 0 Å². The molecule has 0 aliphatic carbocycles. The maximum atomic E-state index is 13.1. The lowest BCUT2D eigenvalue weighted by Crippen LogP contribution is -2.09. The Morgan fingerprint density at radius 2 is 2.05 bits per heavy atom. The van der Waals surface area contributed by atoms with Crippen LogP contribution in [0.5, 0.6) is 0 Å². The van der Waals surface area contributed by atoms with Gasteiger partial charge in [0, 0.05) is 16.8 Å². The molecule has 102 valence electrons. The van der Waals surface area contributed by atoms with Crippen LogP contribution in [-0.2, 0) is 12.7 Å². The zero-order valence-corrected chi connectivity index (χ0v) is 10.8. The van der Waals surface area contributed by atoms with E-state index in [0.717, 1.165) is 17.0 Å². The normalized spacial score (nSPS) is 11.6. The molecule has 0 saturated heterocycles. The lowest BCUT2D eigenvalue weighted by molar-refractivity contribution is -0.139. The molecule has 0 radical (unpaired) electrons. The summed E-state index contributed by atoms with van der Waals surface area (Å²) >= 11 is 6.84. The van der Waals surface area contributed by atoms with Crippen LogP contribution in [0.1, 0.15) is 10.4 Å². The van der Waals surface area contributed by atoms with Crippen molar-refractivity contribution in [2.75, 3.05) is 5.32 Å². The summed E-state index contributed by atoms with van der Waals surface area (Å²) in [5.74, 6) is -1.29. The van der Waals surface area contributed by atoms with Crippen LogP contribution in [0.25, 0.3) is 0 Å². The molecule has 1 aromatic heterocycles. The third-order valence-corrected chi connectivity index (χ3v) is 3.38. The molecule has 2 aromatic rings. The Labute approximate surface area is 115 Å². The molecule has 0 saturated carbocycles. The van der Waals surface area contributed by atoms with E-state index in [2.05, 4.69) is 10.3 Å². The first-order valence-corrected chi connectivity index (χ1v) is 6.26. The van der Waals surface area contributed by atoms with Gasteiger partial charge in [0.05, 0.1) is 12.1 Å². The van der Waals surface area contributed by atoms with Crippen LogP contribution in [-0.4, -0.2) is 4.98 Å². The molecule has 0 aliphatic rings. The molecule has 0 fully saturated rings. The molecule has 2 rings (SSSR count). The van der Waals surface area contributed by atoms with Crippen molar-refractivity contribution in [3.8, 4) is 0 Å². The number of thiazole rings is 1. The van der Waals surface area contributed by atoms with E-state index in [4.69, 9.17) is 11.6 Å². The second-order valence-electron chi connectivity index (χ2n) is 3.63. The average Bonchev–Trinajstić information content (AvgIpc) is 2.72. The van der Waals surface area contributed by atoms with Gasteiger partial charge in [-0.15, -0.1) is 11.3 Å². The standard InChI is InChI=1S/C11H7ClF4N2S/c12-10-18-5-7(19-10)4-17-6-1-2-9(13)8(3-6)11(14,15)16/h1-3,5,17H,4H2. The van der Waals surface area contributed by atoms with Crippen molar-refractivity contribution in [3.63, 3.8) is 0 Å². The smallest absolute Gasteiger partial charge is 0.380 e. The minimum atomic E-state index is -4.71. The molecule has 1 heterocycles. The zero-order chi connectivity index (χ0) is 14.0. The highest BCUT2D eigenvalue weighted by Gasteiger charge is 2.34. The summed E-state index contributed by atoms with van der Waals surface area (Å²) in [5.41, 5.74) is -1.11. The summed E-state index contributed by atoms with van der Waals surface area (Å²) in [6.45, 7) is 0.271. The first-order chi connectivity index (χ1) is 8.86. The average molecular weight is 311 g/mol. The Balaban J connectivity index is 2.13. The molecule has 0 atom stereocenters. The van der Waals surface area contributed by atoms with Crippen molar-refractivity contribution in [1.82, 2.24) is 4.98 Å². The molecule has 0 amide bonds. The molecule has 19 heavy (non-hydrogen) atoms. The topological polar surface area (TPSA) is 24.9 Å². The fourth-order valence-electron chi connectivity index (χ4n) is 1.41. The van der Waals surface area contributed by atoms with Gasteiger partial charge in [0.15, 0.2) is 4.47 Å². The molecular formula is C11H7ClF4N2S. The van der Waals surface area contributed by atoms with Crippen LogP contribution >= 0.6 is 22.9 Å². The Hall–Kier alpha value is -1.34. The molecular weight excluding hydrogens is 304 g/mol. The third kappa shape index (κ3) is 3.57. The first-order valence-electron chi connectivity index (χ1n) is 5.07. The van der Waals surface area contributed by atoms with Crippen molar-refractivity contribution in [1.29, 1.82) is 0 Å². The van der Waals surface area contributed by atoms with Crippen molar-refractivity contribution in [2.24, 2.45) is 0 Å². The van der Waals surface area contributed by atoms with Gasteiger partial charge in [0.25, 0.3) is 0 Å². The minimum absolute atomic E-state index is 0.179. The van der Waals surface area contributed by atoms with E-state index in [-0.39, 0.29) is 12.2 Å². The van der Waals surface area contributed by atoms with Crippen molar-refractivity contribution >= 4 is 28.6 Å². The van der Waals surface area contributed by atoms with Crippen LogP contribution in [0.2, 0.25) is 4.47 Å². The maximum Gasteiger partial charge on any atom is 0.419 e. The van der Waals surface area contributed by atoms with E-state index in [1.54, 1.807) is 0 Å². The number of nitrogens with zero attached hydrogens (tertiary/aromatic N) is 1. The summed E-state index contributed by atoms with van der Waals surface area (Å²) < 4.78 is 50.9. The lowest BCUT2D eigenvalue weighted by atomic mass is 10.2. The summed E-state index contributed by atoms with van der Waals surface area (Å²) in [6, 6.07) is 2.76. The fourth-order valence-corrected chi connectivity index (χ4v) is 2.32. The number of benzene rings is 1. The Morgan fingerprint density at radius 3 is 2.63 bits per heavy atom. The highest BCUT2D eigenvalue weighted by atomic mass is 35.5. The van der Waals surface area contributed by atoms with Crippen molar-refractivity contribution in [3.05, 3.63) is 45.1 Å². The van der Waals surface area contributed by atoms with Gasteiger partial charge in [-0.1, -0.05) is 11.6 Å². The number of rotatable bonds is 3. The molecule has 0 bridgehead atoms. The number of aromatic nitrogens is 1. The first kappa shape index (κ1) is 14.1. The predicted molar refractivity (Wildman–Crippen MR) is 65.9 cm³/mol. The fraction of sp³-hybridized carbons (Fsp3) is 0.182. The summed E-state index contributed by atoms with van der Waals surface area (Å²) in [5, 5.41) is 2.76. The van der Waals surface area contributed by atoms with Gasteiger partial charge in [-0.25, -0.2) is 9.37 Å². The van der Waals surface area contributed by atoms with Gasteiger partial charge in [0.1, 0.15) is 5.82 Å². The van der Waals surface area contributed by atoms with E-state index in [1.807, 2.05) is 0 Å². The highest BCUT2D eigenvalue weighted by molar-refractivity contribution is 7.15. The molecule has 0 unspecified atom stereocenters. The monoisotopic (exact) mass is 310 g/mol. The Morgan fingerprint density at radius 1 is 1.32 bits per heavy atom. The number of halogens is 5. The van der Waals surface area contributed by atoms with Crippen molar-refractivity contribution < 1.29 is 17.6 Å². The van der Waals surface area contributed by atoms with E-state index >= 15 is 0 Å². The summed E-state index contributed by atoms with van der Waals surface area (Å²) in [4.78, 5) is 4.57. The number of anilines is 1. The van der Waals surface area contributed by atoms with Crippen LogP contribution in [0.15, 0.2) is 24.4 Å². The van der Waals surface area contributed by atoms with E-state index in [0.29, 0.717) is 4.47 Å². The third-order valence-electron chi connectivity index (χ3n) is 2.26. The van der Waals surface area contributed by atoms with Gasteiger partial charge < -0.3 is 5.32 Å². The number of hydrogen-bond acceptors (Lipinski definition) is 3. The molecule has 0 spiro atoms. The molecule has 1 aromatic carbocycles. The Bertz CT molecular complexity index is 582. The second kappa shape index (κ2) is 5.34. The number of nitrogens with one attached hydrogen (secondary N) is 1. The van der Waals surface area contributed by atoms with Crippen LogP contribution in [0, 0.1) is 5.82 Å². The molecule has 8 heteroatoms. The number of alkyl halides is 3. The summed E-state index contributed by atoms with van der Waals surface area (Å²) in [7, 11) is 0. The zero-order valence-electron chi connectivity index (χ0n) is 9.26. The quantitative estimate of drug-likeness (QED) is 0.840. The van der Waals surface area contributed by atoms with E-state index in [9.17, 15) is 17.6 Å². The van der Waals surface area contributed by atoms with Crippen LogP contribution in [0.4, 0.5) is 23.2 Å². The van der Waals surface area contributed by atoms with Gasteiger partial charge in [-0.3, -0.25) is 0 Å². The van der Waals surface area contributed by atoms with Crippen LogP contribution < -0.4 is 5.32 Å². The number of hydrogen-bond donors (Lipinski definition) is 1. The van der Waals surface area contributed by atoms with E-state index < -0.39 is 17.6 Å². The maximum absolute atomic E-state index is 13.1. The Kier molecular flexibility index (Phi) is 3.96. The molecule has 0 aliphatic heterocycles. The highest BCUT2D eigenvalue weighted by Crippen LogP contribution is 2.33. The lowest BCUT2D eigenvalue weighted by Gasteiger charge is -2.11. The van der Waals surface area contributed by atoms with Gasteiger partial charge in [-0.2, -0.15) is 13.2 Å². The largest absolute Gasteiger partial charge is 0.419 e. The molecule has 1 N–H and O–H groups in total.